The normalized spacial score (nSPS) is 10.9. The van der Waals surface area contributed by atoms with Crippen LogP contribution < -0.4 is 5.32 Å². The number of carbonyl (C=O) groups is 1. The SMILES string of the molecule is Cc1nn(C)cc1-c1cc(C(=O)Nc2cc([N+](=O)[O-])ccc2O)c2ccccc2n1. The number of benzene rings is 2. The summed E-state index contributed by atoms with van der Waals surface area (Å²) in [4.78, 5) is 28.2. The number of non-ortho nitro benzene ring substituents is 1. The lowest BCUT2D eigenvalue weighted by molar-refractivity contribution is -0.384. The van der Waals surface area contributed by atoms with Crippen molar-refractivity contribution in [1.29, 1.82) is 0 Å². The van der Waals surface area contributed by atoms with E-state index >= 15 is 0 Å². The van der Waals surface area contributed by atoms with E-state index < -0.39 is 10.8 Å². The van der Waals surface area contributed by atoms with Crippen LogP contribution in [0.1, 0.15) is 16.1 Å². The molecule has 2 heterocycles. The molecule has 0 fully saturated rings. The summed E-state index contributed by atoms with van der Waals surface area (Å²) in [6.07, 6.45) is 1.82. The maximum atomic E-state index is 13.1. The monoisotopic (exact) mass is 403 g/mol. The van der Waals surface area contributed by atoms with E-state index in [1.165, 1.54) is 6.07 Å². The molecule has 0 bridgehead atoms. The molecule has 4 rings (SSSR count). The zero-order valence-corrected chi connectivity index (χ0v) is 16.2. The molecule has 0 radical (unpaired) electrons. The first-order valence-corrected chi connectivity index (χ1v) is 9.02. The molecule has 2 aromatic carbocycles. The highest BCUT2D eigenvalue weighted by atomic mass is 16.6. The number of nitro benzene ring substituents is 1. The quantitative estimate of drug-likeness (QED) is 0.303. The highest BCUT2D eigenvalue weighted by Crippen LogP contribution is 2.30. The third kappa shape index (κ3) is 3.44. The fourth-order valence-electron chi connectivity index (χ4n) is 3.28. The number of aromatic nitrogens is 3. The van der Waals surface area contributed by atoms with Crippen LogP contribution in [-0.2, 0) is 7.05 Å². The Labute approximate surface area is 170 Å². The van der Waals surface area contributed by atoms with Gasteiger partial charge in [0.2, 0.25) is 0 Å². The summed E-state index contributed by atoms with van der Waals surface area (Å²) in [7, 11) is 1.80. The first-order chi connectivity index (χ1) is 14.3. The third-order valence-corrected chi connectivity index (χ3v) is 4.69. The number of pyridine rings is 1. The van der Waals surface area contributed by atoms with Gasteiger partial charge in [0.25, 0.3) is 11.6 Å². The lowest BCUT2D eigenvalue weighted by Gasteiger charge is -2.11. The number of phenols is 1. The lowest BCUT2D eigenvalue weighted by Crippen LogP contribution is -2.13. The van der Waals surface area contributed by atoms with Crippen LogP contribution in [0.15, 0.2) is 54.7 Å². The van der Waals surface area contributed by atoms with Gasteiger partial charge in [0.15, 0.2) is 0 Å². The number of hydrogen-bond donors (Lipinski definition) is 2. The van der Waals surface area contributed by atoms with Gasteiger partial charge in [-0.25, -0.2) is 4.98 Å². The minimum absolute atomic E-state index is 0.0470. The molecule has 150 valence electrons. The number of nitrogens with one attached hydrogen (secondary N) is 1. The van der Waals surface area contributed by atoms with Crippen LogP contribution in [-0.4, -0.2) is 30.7 Å². The molecule has 30 heavy (non-hydrogen) atoms. The van der Waals surface area contributed by atoms with Crippen molar-refractivity contribution in [1.82, 2.24) is 14.8 Å². The number of phenolic OH excluding ortho intramolecular Hbond substituents is 1. The lowest BCUT2D eigenvalue weighted by atomic mass is 10.0. The topological polar surface area (TPSA) is 123 Å². The fourth-order valence-corrected chi connectivity index (χ4v) is 3.28. The van der Waals surface area contributed by atoms with Crippen molar-refractivity contribution in [2.75, 3.05) is 5.32 Å². The molecule has 0 spiro atoms. The van der Waals surface area contributed by atoms with Gasteiger partial charge in [-0.3, -0.25) is 19.6 Å². The number of rotatable bonds is 4. The fraction of sp³-hybridized carbons (Fsp3) is 0.0952. The standard InChI is InChI=1S/C21H17N5O4/c1-12-16(11-25(2)24-12)18-10-15(14-5-3-4-6-17(14)22-18)21(28)23-19-9-13(26(29)30)7-8-20(19)27/h3-11,27H,1-2H3,(H,23,28). The number of fused-ring (bicyclic) bond motifs is 1. The van der Waals surface area contributed by atoms with E-state index in [0.717, 1.165) is 23.4 Å². The number of nitro groups is 1. The number of para-hydroxylation sites is 1. The summed E-state index contributed by atoms with van der Waals surface area (Å²) in [5, 5.41) is 28.6. The van der Waals surface area contributed by atoms with Crippen molar-refractivity contribution in [3.8, 4) is 17.0 Å². The van der Waals surface area contributed by atoms with Gasteiger partial charge in [0, 0.05) is 36.3 Å². The van der Waals surface area contributed by atoms with Crippen LogP contribution in [0.4, 0.5) is 11.4 Å². The van der Waals surface area contributed by atoms with Gasteiger partial charge in [-0.2, -0.15) is 5.10 Å². The molecule has 2 aromatic heterocycles. The molecular weight excluding hydrogens is 386 g/mol. The largest absolute Gasteiger partial charge is 0.506 e. The van der Waals surface area contributed by atoms with E-state index in [-0.39, 0.29) is 17.1 Å². The number of carbonyl (C=O) groups excluding carboxylic acids is 1. The summed E-state index contributed by atoms with van der Waals surface area (Å²) >= 11 is 0. The van der Waals surface area contributed by atoms with Gasteiger partial charge >= 0.3 is 0 Å². The Morgan fingerprint density at radius 3 is 2.67 bits per heavy atom. The van der Waals surface area contributed by atoms with E-state index in [4.69, 9.17) is 0 Å². The van der Waals surface area contributed by atoms with Crippen molar-refractivity contribution in [3.05, 3.63) is 76.1 Å². The molecule has 9 nitrogen and oxygen atoms in total. The van der Waals surface area contributed by atoms with Crippen LogP contribution >= 0.6 is 0 Å². The molecule has 0 aliphatic rings. The average molecular weight is 403 g/mol. The van der Waals surface area contributed by atoms with Gasteiger partial charge in [-0.15, -0.1) is 0 Å². The van der Waals surface area contributed by atoms with Crippen LogP contribution in [0.5, 0.6) is 5.75 Å². The molecule has 4 aromatic rings. The number of aryl methyl sites for hydroxylation is 2. The molecule has 0 saturated heterocycles. The Bertz CT molecular complexity index is 1310. The van der Waals surface area contributed by atoms with Gasteiger partial charge in [-0.1, -0.05) is 18.2 Å². The third-order valence-electron chi connectivity index (χ3n) is 4.69. The van der Waals surface area contributed by atoms with Crippen molar-refractivity contribution in [2.24, 2.45) is 7.05 Å². The molecule has 0 atom stereocenters. The maximum absolute atomic E-state index is 13.1. The zero-order valence-electron chi connectivity index (χ0n) is 16.2. The smallest absolute Gasteiger partial charge is 0.271 e. The van der Waals surface area contributed by atoms with Crippen molar-refractivity contribution < 1.29 is 14.8 Å². The highest BCUT2D eigenvalue weighted by Gasteiger charge is 2.18. The van der Waals surface area contributed by atoms with E-state index in [2.05, 4.69) is 15.4 Å². The summed E-state index contributed by atoms with van der Waals surface area (Å²) in [5.74, 6) is -0.789. The van der Waals surface area contributed by atoms with Gasteiger partial charge in [0.1, 0.15) is 5.75 Å². The summed E-state index contributed by atoms with van der Waals surface area (Å²) < 4.78 is 1.67. The van der Waals surface area contributed by atoms with Crippen LogP contribution in [0.3, 0.4) is 0 Å². The summed E-state index contributed by atoms with van der Waals surface area (Å²) in [6.45, 7) is 1.85. The van der Waals surface area contributed by atoms with Crippen molar-refractivity contribution in [3.63, 3.8) is 0 Å². The predicted molar refractivity (Wildman–Crippen MR) is 111 cm³/mol. The second-order valence-electron chi connectivity index (χ2n) is 6.79. The van der Waals surface area contributed by atoms with Gasteiger partial charge < -0.3 is 10.4 Å². The summed E-state index contributed by atoms with van der Waals surface area (Å²) in [5.41, 5.74) is 2.78. The first kappa shape index (κ1) is 19.1. The minimum atomic E-state index is -0.597. The predicted octanol–water partition coefficient (Wildman–Crippen LogP) is 3.81. The molecular formula is C21H17N5O4. The number of anilines is 1. The minimum Gasteiger partial charge on any atom is -0.506 e. The molecule has 0 aliphatic heterocycles. The van der Waals surface area contributed by atoms with Crippen molar-refractivity contribution >= 4 is 28.2 Å². The first-order valence-electron chi connectivity index (χ1n) is 9.02. The van der Waals surface area contributed by atoms with Gasteiger partial charge in [-0.05, 0) is 25.1 Å². The number of amides is 1. The number of aromatic hydroxyl groups is 1. The Morgan fingerprint density at radius 2 is 1.97 bits per heavy atom. The Morgan fingerprint density at radius 1 is 1.20 bits per heavy atom. The molecule has 9 heteroatoms. The van der Waals surface area contributed by atoms with E-state index in [9.17, 15) is 20.0 Å². The van der Waals surface area contributed by atoms with E-state index in [0.29, 0.717) is 22.2 Å². The molecule has 2 N–H and O–H groups in total. The Hall–Kier alpha value is -4.27. The highest BCUT2D eigenvalue weighted by molar-refractivity contribution is 6.13. The molecule has 0 aliphatic carbocycles. The van der Waals surface area contributed by atoms with Gasteiger partial charge in [0.05, 0.1) is 33.1 Å². The second-order valence-corrected chi connectivity index (χ2v) is 6.79. The molecule has 0 saturated carbocycles. The van der Waals surface area contributed by atoms with Crippen molar-refractivity contribution in [2.45, 2.75) is 6.92 Å². The average Bonchev–Trinajstić information content (AvgIpc) is 3.06. The number of nitrogens with zero attached hydrogens (tertiary/aromatic N) is 4. The Kier molecular flexibility index (Phi) is 4.63. The zero-order chi connectivity index (χ0) is 21.4. The Balaban J connectivity index is 1.82. The van der Waals surface area contributed by atoms with Crippen LogP contribution in [0.25, 0.3) is 22.2 Å². The maximum Gasteiger partial charge on any atom is 0.271 e. The second kappa shape index (κ2) is 7.28. The van der Waals surface area contributed by atoms with Crippen LogP contribution in [0.2, 0.25) is 0 Å². The number of hydrogen-bond acceptors (Lipinski definition) is 6. The summed E-state index contributed by atoms with van der Waals surface area (Å²) in [6, 6.07) is 12.3. The molecule has 0 unspecified atom stereocenters. The van der Waals surface area contributed by atoms with E-state index in [1.807, 2.05) is 19.2 Å². The van der Waals surface area contributed by atoms with Crippen LogP contribution in [0, 0.1) is 17.0 Å². The van der Waals surface area contributed by atoms with E-state index in [1.54, 1.807) is 36.0 Å². The molecule has 1 amide bonds.